The summed E-state index contributed by atoms with van der Waals surface area (Å²) in [6, 6.07) is -0.201. The molecule has 2 fully saturated rings. The van der Waals surface area contributed by atoms with E-state index in [-0.39, 0.29) is 31.2 Å². The number of aromatic nitrogens is 1. The molecule has 0 bridgehead atoms. The van der Waals surface area contributed by atoms with Crippen molar-refractivity contribution in [2.45, 2.75) is 77.1 Å². The molecule has 10 heteroatoms. The van der Waals surface area contributed by atoms with Crippen LogP contribution in [0.4, 0.5) is 23.1 Å². The molecule has 6 nitrogen and oxygen atoms in total. The fourth-order valence-electron chi connectivity index (χ4n) is 4.40. The maximum atomic E-state index is 13.2. The Balaban J connectivity index is 1.66. The molecule has 1 aliphatic heterocycles. The van der Waals surface area contributed by atoms with Gasteiger partial charge in [0.05, 0.1) is 0 Å². The number of piperidine rings is 1. The Hall–Kier alpha value is -1.84. The largest absolute Gasteiger partial charge is 0.397 e. The number of nitrogens with one attached hydrogen (secondary N) is 1. The van der Waals surface area contributed by atoms with Crippen molar-refractivity contribution < 1.29 is 22.8 Å². The van der Waals surface area contributed by atoms with Crippen molar-refractivity contribution in [3.05, 3.63) is 11.1 Å². The summed E-state index contributed by atoms with van der Waals surface area (Å²) in [5.74, 6) is -0.253. The van der Waals surface area contributed by atoms with E-state index in [4.69, 9.17) is 0 Å². The first-order valence-corrected chi connectivity index (χ1v) is 11.3. The van der Waals surface area contributed by atoms with Gasteiger partial charge in [0, 0.05) is 36.2 Å². The van der Waals surface area contributed by atoms with E-state index in [1.807, 2.05) is 11.8 Å². The highest BCUT2D eigenvalue weighted by Crippen LogP contribution is 2.32. The fourth-order valence-corrected chi connectivity index (χ4v) is 5.05. The highest BCUT2D eigenvalue weighted by Gasteiger charge is 2.38. The molecule has 2 heterocycles. The molecule has 0 aromatic carbocycles. The Bertz CT molecular complexity index is 739. The third kappa shape index (κ3) is 6.09. The van der Waals surface area contributed by atoms with Crippen molar-refractivity contribution >= 4 is 28.4 Å². The van der Waals surface area contributed by atoms with E-state index in [0.717, 1.165) is 30.6 Å². The van der Waals surface area contributed by atoms with Gasteiger partial charge in [0.25, 0.3) is 0 Å². The second-order valence-electron chi connectivity index (χ2n) is 8.43. The van der Waals surface area contributed by atoms with Gasteiger partial charge in [0.1, 0.15) is 6.42 Å². The van der Waals surface area contributed by atoms with Crippen LogP contribution in [0, 0.1) is 12.8 Å². The number of alkyl halides is 3. The lowest BCUT2D eigenvalue weighted by atomic mass is 9.85. The van der Waals surface area contributed by atoms with E-state index >= 15 is 0 Å². The summed E-state index contributed by atoms with van der Waals surface area (Å²) in [5.41, 5.74) is 0. The minimum Gasteiger partial charge on any atom is -0.342 e. The molecule has 3 rings (SSSR count). The Labute approximate surface area is 178 Å². The van der Waals surface area contributed by atoms with Crippen molar-refractivity contribution in [1.29, 1.82) is 0 Å². The van der Waals surface area contributed by atoms with E-state index in [2.05, 4.69) is 17.2 Å². The van der Waals surface area contributed by atoms with E-state index in [1.54, 1.807) is 6.20 Å². The normalized spacial score (nSPS) is 23.3. The summed E-state index contributed by atoms with van der Waals surface area (Å²) in [6.45, 7) is 4.61. The van der Waals surface area contributed by atoms with Gasteiger partial charge in [0.2, 0.25) is 5.91 Å². The third-order valence-corrected chi connectivity index (χ3v) is 6.84. The number of likely N-dealkylation sites (tertiary alicyclic amines) is 1. The van der Waals surface area contributed by atoms with Gasteiger partial charge in [-0.15, -0.1) is 11.3 Å². The van der Waals surface area contributed by atoms with Crippen LogP contribution in [0.1, 0.15) is 56.7 Å². The number of carbonyl (C=O) groups excluding carboxylic acids is 2. The van der Waals surface area contributed by atoms with E-state index in [0.29, 0.717) is 23.9 Å². The summed E-state index contributed by atoms with van der Waals surface area (Å²) in [7, 11) is 0. The standard InChI is InChI=1S/C20H29F3N4O2S/c1-13-3-5-15(6-4-13)27(19(29)25-18-24-12-14(2)30-18)16-7-9-26(10-8-16)17(28)11-20(21,22)23/h12-13,15-16H,3-11H2,1-2H3,(H,24,25,29). The maximum absolute atomic E-state index is 13.2. The average Bonchev–Trinajstić information content (AvgIpc) is 3.07. The Morgan fingerprint density at radius 2 is 1.77 bits per heavy atom. The highest BCUT2D eigenvalue weighted by molar-refractivity contribution is 7.15. The maximum Gasteiger partial charge on any atom is 0.397 e. The van der Waals surface area contributed by atoms with Crippen LogP contribution in [-0.4, -0.2) is 58.1 Å². The smallest absolute Gasteiger partial charge is 0.342 e. The topological polar surface area (TPSA) is 65.5 Å². The van der Waals surface area contributed by atoms with Crippen LogP contribution in [0.2, 0.25) is 0 Å². The first-order valence-electron chi connectivity index (χ1n) is 10.5. The number of aryl methyl sites for hydroxylation is 1. The summed E-state index contributed by atoms with van der Waals surface area (Å²) in [5, 5.41) is 3.44. The van der Waals surface area contributed by atoms with Gasteiger partial charge in [-0.05, 0) is 51.4 Å². The minimum absolute atomic E-state index is 0.0978. The predicted octanol–water partition coefficient (Wildman–Crippen LogP) is 4.81. The van der Waals surface area contributed by atoms with Crippen molar-refractivity contribution in [1.82, 2.24) is 14.8 Å². The van der Waals surface area contributed by atoms with E-state index < -0.39 is 18.5 Å². The van der Waals surface area contributed by atoms with Crippen LogP contribution in [0.5, 0.6) is 0 Å². The Morgan fingerprint density at radius 1 is 1.17 bits per heavy atom. The second-order valence-corrected chi connectivity index (χ2v) is 9.67. The summed E-state index contributed by atoms with van der Waals surface area (Å²) in [6.07, 6.45) is 0.687. The van der Waals surface area contributed by atoms with Gasteiger partial charge in [-0.3, -0.25) is 10.1 Å². The van der Waals surface area contributed by atoms with Crippen molar-refractivity contribution in [2.24, 2.45) is 5.92 Å². The number of nitrogens with zero attached hydrogens (tertiary/aromatic N) is 3. The quantitative estimate of drug-likeness (QED) is 0.722. The van der Waals surface area contributed by atoms with Gasteiger partial charge < -0.3 is 9.80 Å². The zero-order valence-electron chi connectivity index (χ0n) is 17.4. The van der Waals surface area contributed by atoms with Crippen LogP contribution in [0.3, 0.4) is 0 Å². The molecular weight excluding hydrogens is 417 g/mol. The van der Waals surface area contributed by atoms with Crippen LogP contribution in [-0.2, 0) is 4.79 Å². The molecule has 0 radical (unpaired) electrons. The number of thiazole rings is 1. The molecule has 168 valence electrons. The molecule has 30 heavy (non-hydrogen) atoms. The predicted molar refractivity (Wildman–Crippen MR) is 109 cm³/mol. The lowest BCUT2D eigenvalue weighted by Crippen LogP contribution is -2.54. The van der Waals surface area contributed by atoms with E-state index in [1.165, 1.54) is 16.2 Å². The molecule has 0 atom stereocenters. The monoisotopic (exact) mass is 446 g/mol. The summed E-state index contributed by atoms with van der Waals surface area (Å²) in [4.78, 5) is 33.4. The van der Waals surface area contributed by atoms with Gasteiger partial charge in [-0.1, -0.05) is 6.92 Å². The average molecular weight is 447 g/mol. The highest BCUT2D eigenvalue weighted by atomic mass is 32.1. The minimum atomic E-state index is -4.50. The van der Waals surface area contributed by atoms with Gasteiger partial charge >= 0.3 is 12.2 Å². The molecule has 3 amide bonds. The number of rotatable bonds is 4. The molecule has 1 N–H and O–H groups in total. The van der Waals surface area contributed by atoms with Crippen LogP contribution >= 0.6 is 11.3 Å². The summed E-state index contributed by atoms with van der Waals surface area (Å²) >= 11 is 1.41. The number of hydrogen-bond donors (Lipinski definition) is 1. The Morgan fingerprint density at radius 3 is 2.30 bits per heavy atom. The van der Waals surface area contributed by atoms with Crippen LogP contribution in [0.25, 0.3) is 0 Å². The Kier molecular flexibility index (Phi) is 7.26. The molecule has 0 unspecified atom stereocenters. The van der Waals surface area contributed by atoms with Gasteiger partial charge in [-0.2, -0.15) is 13.2 Å². The molecule has 0 spiro atoms. The van der Waals surface area contributed by atoms with Crippen molar-refractivity contribution in [2.75, 3.05) is 18.4 Å². The lowest BCUT2D eigenvalue weighted by molar-refractivity contribution is -0.162. The second kappa shape index (κ2) is 9.53. The number of amides is 3. The summed E-state index contributed by atoms with van der Waals surface area (Å²) < 4.78 is 37.6. The van der Waals surface area contributed by atoms with Gasteiger partial charge in [0.15, 0.2) is 5.13 Å². The molecule has 1 aliphatic carbocycles. The van der Waals surface area contributed by atoms with Gasteiger partial charge in [-0.25, -0.2) is 9.78 Å². The van der Waals surface area contributed by atoms with Crippen molar-refractivity contribution in [3.63, 3.8) is 0 Å². The van der Waals surface area contributed by atoms with Crippen LogP contribution in [0.15, 0.2) is 6.20 Å². The molecule has 1 aromatic heterocycles. The first-order chi connectivity index (χ1) is 14.1. The number of urea groups is 1. The molecular formula is C20H29F3N4O2S. The third-order valence-electron chi connectivity index (χ3n) is 6.01. The molecule has 1 aromatic rings. The fraction of sp³-hybridized carbons (Fsp3) is 0.750. The first kappa shape index (κ1) is 22.8. The van der Waals surface area contributed by atoms with Crippen molar-refractivity contribution in [3.8, 4) is 0 Å². The zero-order valence-corrected chi connectivity index (χ0v) is 18.2. The molecule has 2 aliphatic rings. The SMILES string of the molecule is Cc1cnc(NC(=O)N(C2CCC(C)CC2)C2CCN(C(=O)CC(F)(F)F)CC2)s1. The molecule has 1 saturated heterocycles. The number of carbonyl (C=O) groups is 2. The van der Waals surface area contributed by atoms with E-state index in [9.17, 15) is 22.8 Å². The number of hydrogen-bond acceptors (Lipinski definition) is 4. The number of halogens is 3. The number of anilines is 1. The van der Waals surface area contributed by atoms with Crippen LogP contribution < -0.4 is 5.32 Å². The molecule has 1 saturated carbocycles. The lowest BCUT2D eigenvalue weighted by Gasteiger charge is -2.44. The zero-order chi connectivity index (χ0) is 21.9.